The van der Waals surface area contributed by atoms with Crippen LogP contribution in [-0.2, 0) is 0 Å². The summed E-state index contributed by atoms with van der Waals surface area (Å²) in [6, 6.07) is 1.97. The van der Waals surface area contributed by atoms with Crippen LogP contribution in [0, 0.1) is 20.8 Å². The van der Waals surface area contributed by atoms with Crippen LogP contribution in [0.25, 0.3) is 0 Å². The standard InChI is InChI=1S/C14H19N5S/c1-8-6-12(19-14-17-9(2)10(3)20-14)18-13(16-8)11-4-5-15-7-11/h6,11,15H,4-5,7H2,1-3H3,(H,16,17,18,19). The van der Waals surface area contributed by atoms with Crippen molar-refractivity contribution < 1.29 is 0 Å². The first-order valence-corrected chi connectivity index (χ1v) is 7.71. The van der Waals surface area contributed by atoms with Crippen LogP contribution in [0.2, 0.25) is 0 Å². The maximum Gasteiger partial charge on any atom is 0.188 e. The smallest absolute Gasteiger partial charge is 0.188 e. The van der Waals surface area contributed by atoms with Crippen molar-refractivity contribution in [2.45, 2.75) is 33.1 Å². The molecule has 3 heterocycles. The van der Waals surface area contributed by atoms with Gasteiger partial charge in [0.15, 0.2) is 5.13 Å². The number of aryl methyl sites for hydroxylation is 3. The normalized spacial score (nSPS) is 18.4. The van der Waals surface area contributed by atoms with Crippen LogP contribution < -0.4 is 10.6 Å². The Morgan fingerprint density at radius 1 is 1.25 bits per heavy atom. The lowest BCUT2D eigenvalue weighted by Gasteiger charge is -2.10. The maximum absolute atomic E-state index is 4.65. The average Bonchev–Trinajstić information content (AvgIpc) is 3.00. The van der Waals surface area contributed by atoms with Gasteiger partial charge < -0.3 is 10.6 Å². The molecular weight excluding hydrogens is 270 g/mol. The summed E-state index contributed by atoms with van der Waals surface area (Å²) < 4.78 is 0. The fourth-order valence-corrected chi connectivity index (χ4v) is 3.17. The van der Waals surface area contributed by atoms with Gasteiger partial charge in [-0.05, 0) is 33.7 Å². The lowest BCUT2D eigenvalue weighted by atomic mass is 10.1. The molecule has 0 spiro atoms. The molecule has 1 fully saturated rings. The van der Waals surface area contributed by atoms with Crippen molar-refractivity contribution in [1.82, 2.24) is 20.3 Å². The van der Waals surface area contributed by atoms with E-state index in [1.165, 1.54) is 4.88 Å². The fourth-order valence-electron chi connectivity index (χ4n) is 2.35. The van der Waals surface area contributed by atoms with Crippen LogP contribution in [0.3, 0.4) is 0 Å². The highest BCUT2D eigenvalue weighted by atomic mass is 32.1. The molecule has 0 saturated carbocycles. The minimum absolute atomic E-state index is 0.426. The molecule has 0 aromatic carbocycles. The van der Waals surface area contributed by atoms with Crippen LogP contribution >= 0.6 is 11.3 Å². The number of thiazole rings is 1. The van der Waals surface area contributed by atoms with E-state index in [1.54, 1.807) is 11.3 Å². The van der Waals surface area contributed by atoms with E-state index in [1.807, 2.05) is 19.9 Å². The number of anilines is 2. The Balaban J connectivity index is 1.85. The van der Waals surface area contributed by atoms with Gasteiger partial charge in [-0.1, -0.05) is 0 Å². The van der Waals surface area contributed by atoms with E-state index in [2.05, 4.69) is 32.5 Å². The molecule has 0 amide bonds. The Morgan fingerprint density at radius 2 is 2.10 bits per heavy atom. The Hall–Kier alpha value is -1.53. The molecule has 1 aliphatic rings. The number of nitrogens with zero attached hydrogens (tertiary/aromatic N) is 3. The van der Waals surface area contributed by atoms with E-state index in [0.717, 1.165) is 47.7 Å². The first kappa shape index (κ1) is 13.5. The van der Waals surface area contributed by atoms with Crippen molar-refractivity contribution in [1.29, 1.82) is 0 Å². The van der Waals surface area contributed by atoms with Crippen LogP contribution in [0.5, 0.6) is 0 Å². The minimum atomic E-state index is 0.426. The summed E-state index contributed by atoms with van der Waals surface area (Å²) in [6.07, 6.45) is 1.11. The van der Waals surface area contributed by atoms with Gasteiger partial charge in [0.2, 0.25) is 0 Å². The second kappa shape index (κ2) is 5.46. The molecule has 1 atom stereocenters. The molecule has 106 valence electrons. The number of aromatic nitrogens is 3. The number of hydrogen-bond donors (Lipinski definition) is 2. The molecule has 1 saturated heterocycles. The van der Waals surface area contributed by atoms with Crippen molar-refractivity contribution in [3.63, 3.8) is 0 Å². The predicted molar refractivity (Wildman–Crippen MR) is 81.9 cm³/mol. The first-order valence-electron chi connectivity index (χ1n) is 6.89. The Labute approximate surface area is 122 Å². The SMILES string of the molecule is Cc1cc(Nc2nc(C)c(C)s2)nc(C2CCNC2)n1. The second-order valence-electron chi connectivity index (χ2n) is 5.23. The molecule has 2 aromatic heterocycles. The number of nitrogens with one attached hydrogen (secondary N) is 2. The molecule has 0 aliphatic carbocycles. The molecule has 2 N–H and O–H groups in total. The molecule has 2 aromatic rings. The summed E-state index contributed by atoms with van der Waals surface area (Å²) in [5, 5.41) is 7.56. The molecule has 6 heteroatoms. The number of rotatable bonds is 3. The van der Waals surface area contributed by atoms with Crippen molar-refractivity contribution in [2.75, 3.05) is 18.4 Å². The highest BCUT2D eigenvalue weighted by Gasteiger charge is 2.20. The van der Waals surface area contributed by atoms with Gasteiger partial charge in [0.1, 0.15) is 11.6 Å². The van der Waals surface area contributed by atoms with E-state index in [0.29, 0.717) is 5.92 Å². The second-order valence-corrected chi connectivity index (χ2v) is 6.43. The molecule has 5 nitrogen and oxygen atoms in total. The summed E-state index contributed by atoms with van der Waals surface area (Å²) in [5.41, 5.74) is 2.07. The largest absolute Gasteiger partial charge is 0.316 e. The van der Waals surface area contributed by atoms with E-state index in [-0.39, 0.29) is 0 Å². The third-order valence-corrected chi connectivity index (χ3v) is 4.55. The molecule has 1 unspecified atom stereocenters. The van der Waals surface area contributed by atoms with Crippen LogP contribution in [-0.4, -0.2) is 28.0 Å². The summed E-state index contributed by atoms with van der Waals surface area (Å²) >= 11 is 1.66. The van der Waals surface area contributed by atoms with Gasteiger partial charge >= 0.3 is 0 Å². The van der Waals surface area contributed by atoms with Gasteiger partial charge in [-0.25, -0.2) is 15.0 Å². The van der Waals surface area contributed by atoms with E-state index in [4.69, 9.17) is 0 Å². The summed E-state index contributed by atoms with van der Waals surface area (Å²) in [4.78, 5) is 15.0. The van der Waals surface area contributed by atoms with E-state index in [9.17, 15) is 0 Å². The highest BCUT2D eigenvalue weighted by molar-refractivity contribution is 7.15. The molecule has 20 heavy (non-hydrogen) atoms. The Bertz CT molecular complexity index is 597. The lowest BCUT2D eigenvalue weighted by molar-refractivity contribution is 0.698. The van der Waals surface area contributed by atoms with Gasteiger partial charge in [-0.3, -0.25) is 0 Å². The van der Waals surface area contributed by atoms with Crippen molar-refractivity contribution >= 4 is 22.3 Å². The zero-order valence-electron chi connectivity index (χ0n) is 12.0. The zero-order chi connectivity index (χ0) is 14.1. The first-order chi connectivity index (χ1) is 9.61. The monoisotopic (exact) mass is 289 g/mol. The Morgan fingerprint density at radius 3 is 2.75 bits per heavy atom. The van der Waals surface area contributed by atoms with Gasteiger partial charge in [0.05, 0.1) is 5.69 Å². The minimum Gasteiger partial charge on any atom is -0.316 e. The van der Waals surface area contributed by atoms with Crippen molar-refractivity contribution in [3.8, 4) is 0 Å². The summed E-state index contributed by atoms with van der Waals surface area (Å²) in [6.45, 7) is 8.14. The zero-order valence-corrected chi connectivity index (χ0v) is 12.8. The predicted octanol–water partition coefficient (Wildman–Crippen LogP) is 2.68. The van der Waals surface area contributed by atoms with Crippen molar-refractivity contribution in [3.05, 3.63) is 28.2 Å². The summed E-state index contributed by atoms with van der Waals surface area (Å²) in [5.74, 6) is 2.20. The molecular formula is C14H19N5S. The topological polar surface area (TPSA) is 62.7 Å². The average molecular weight is 289 g/mol. The van der Waals surface area contributed by atoms with Gasteiger partial charge in [0.25, 0.3) is 0 Å². The fraction of sp³-hybridized carbons (Fsp3) is 0.500. The van der Waals surface area contributed by atoms with Gasteiger partial charge in [0, 0.05) is 29.1 Å². The number of hydrogen-bond acceptors (Lipinski definition) is 6. The third kappa shape index (κ3) is 2.81. The van der Waals surface area contributed by atoms with Gasteiger partial charge in [-0.15, -0.1) is 11.3 Å². The maximum atomic E-state index is 4.65. The van der Waals surface area contributed by atoms with Gasteiger partial charge in [-0.2, -0.15) is 0 Å². The Kier molecular flexibility index (Phi) is 3.67. The van der Waals surface area contributed by atoms with E-state index < -0.39 is 0 Å². The highest BCUT2D eigenvalue weighted by Crippen LogP contribution is 2.26. The quantitative estimate of drug-likeness (QED) is 0.909. The molecule has 1 aliphatic heterocycles. The molecule has 3 rings (SSSR count). The van der Waals surface area contributed by atoms with Crippen LogP contribution in [0.1, 0.15) is 34.4 Å². The third-order valence-electron chi connectivity index (χ3n) is 3.56. The van der Waals surface area contributed by atoms with Crippen LogP contribution in [0.4, 0.5) is 10.9 Å². The van der Waals surface area contributed by atoms with E-state index >= 15 is 0 Å². The molecule has 0 bridgehead atoms. The molecule has 0 radical (unpaired) electrons. The van der Waals surface area contributed by atoms with Crippen LogP contribution in [0.15, 0.2) is 6.07 Å². The van der Waals surface area contributed by atoms with Crippen molar-refractivity contribution in [2.24, 2.45) is 0 Å². The summed E-state index contributed by atoms with van der Waals surface area (Å²) in [7, 11) is 0. The lowest BCUT2D eigenvalue weighted by Crippen LogP contribution is -2.11.